The van der Waals surface area contributed by atoms with Crippen LogP contribution >= 0.6 is 0 Å². The van der Waals surface area contributed by atoms with Gasteiger partial charge in [-0.1, -0.05) is 29.4 Å². The Morgan fingerprint density at radius 1 is 1.14 bits per heavy atom. The SMILES string of the molecule is Cc1ccc(-c2noc([C@H](C)N3CCN(CC(=O)Nc4ccccc4C(F)(F)F)CC3)n2)cc1F. The number of nitrogens with zero attached hydrogens (tertiary/aromatic N) is 4. The molecule has 0 bridgehead atoms. The molecule has 0 spiro atoms. The number of hydrogen-bond acceptors (Lipinski definition) is 6. The molecule has 2 heterocycles. The van der Waals surface area contributed by atoms with Crippen molar-refractivity contribution in [3.63, 3.8) is 0 Å². The molecule has 186 valence electrons. The quantitative estimate of drug-likeness (QED) is 0.511. The molecule has 1 aliphatic heterocycles. The second-order valence-corrected chi connectivity index (χ2v) is 8.50. The first-order chi connectivity index (χ1) is 16.6. The van der Waals surface area contributed by atoms with E-state index in [-0.39, 0.29) is 24.1 Å². The topological polar surface area (TPSA) is 74.5 Å². The monoisotopic (exact) mass is 491 g/mol. The third kappa shape index (κ3) is 5.85. The van der Waals surface area contributed by atoms with Gasteiger partial charge in [-0.2, -0.15) is 18.2 Å². The van der Waals surface area contributed by atoms with Crippen molar-refractivity contribution in [3.05, 3.63) is 65.3 Å². The van der Waals surface area contributed by atoms with Crippen LogP contribution in [0.5, 0.6) is 0 Å². The lowest BCUT2D eigenvalue weighted by Gasteiger charge is -2.36. The molecule has 1 aromatic heterocycles. The fourth-order valence-corrected chi connectivity index (χ4v) is 3.95. The normalized spacial score (nSPS) is 16.3. The van der Waals surface area contributed by atoms with E-state index in [2.05, 4.69) is 20.4 Å². The lowest BCUT2D eigenvalue weighted by Crippen LogP contribution is -2.49. The molecule has 1 saturated heterocycles. The highest BCUT2D eigenvalue weighted by Gasteiger charge is 2.34. The summed E-state index contributed by atoms with van der Waals surface area (Å²) in [6, 6.07) is 9.47. The highest BCUT2D eigenvalue weighted by atomic mass is 19.4. The number of aromatic nitrogens is 2. The minimum Gasteiger partial charge on any atom is -0.337 e. The fraction of sp³-hybridized carbons (Fsp3) is 0.375. The Balaban J connectivity index is 1.31. The number of hydrogen-bond donors (Lipinski definition) is 1. The van der Waals surface area contributed by atoms with Crippen LogP contribution in [0.1, 0.15) is 30.0 Å². The number of piperazine rings is 1. The average Bonchev–Trinajstić information content (AvgIpc) is 3.31. The van der Waals surface area contributed by atoms with E-state index in [1.807, 2.05) is 11.8 Å². The van der Waals surface area contributed by atoms with E-state index in [1.54, 1.807) is 19.1 Å². The zero-order chi connectivity index (χ0) is 25.2. The van der Waals surface area contributed by atoms with Crippen molar-refractivity contribution in [1.29, 1.82) is 0 Å². The van der Waals surface area contributed by atoms with Crippen LogP contribution in [0.15, 0.2) is 47.0 Å². The molecule has 1 fully saturated rings. The molecular weight excluding hydrogens is 466 g/mol. The summed E-state index contributed by atoms with van der Waals surface area (Å²) in [6.07, 6.45) is -4.55. The minimum absolute atomic E-state index is 0.0158. The number of halogens is 4. The number of anilines is 1. The number of carbonyl (C=O) groups excluding carboxylic acids is 1. The third-order valence-corrected chi connectivity index (χ3v) is 6.06. The van der Waals surface area contributed by atoms with Crippen LogP contribution in [0, 0.1) is 12.7 Å². The van der Waals surface area contributed by atoms with Crippen molar-refractivity contribution in [3.8, 4) is 11.4 Å². The van der Waals surface area contributed by atoms with Gasteiger partial charge in [-0.15, -0.1) is 0 Å². The third-order valence-electron chi connectivity index (χ3n) is 6.06. The summed E-state index contributed by atoms with van der Waals surface area (Å²) >= 11 is 0. The van der Waals surface area contributed by atoms with Gasteiger partial charge in [0, 0.05) is 31.7 Å². The first-order valence-electron chi connectivity index (χ1n) is 11.1. The minimum atomic E-state index is -4.55. The van der Waals surface area contributed by atoms with Gasteiger partial charge in [0.2, 0.25) is 17.6 Å². The van der Waals surface area contributed by atoms with Crippen molar-refractivity contribution >= 4 is 11.6 Å². The first kappa shape index (κ1) is 24.8. The molecule has 2 aromatic carbocycles. The summed E-state index contributed by atoms with van der Waals surface area (Å²) < 4.78 is 58.7. The maximum atomic E-state index is 13.9. The Morgan fingerprint density at radius 3 is 2.54 bits per heavy atom. The van der Waals surface area contributed by atoms with Crippen LogP contribution in [-0.2, 0) is 11.0 Å². The largest absolute Gasteiger partial charge is 0.418 e. The van der Waals surface area contributed by atoms with Gasteiger partial charge in [0.25, 0.3) is 0 Å². The maximum absolute atomic E-state index is 13.9. The molecule has 0 aliphatic carbocycles. The second-order valence-electron chi connectivity index (χ2n) is 8.50. The Labute approximate surface area is 199 Å². The Bertz CT molecular complexity index is 1190. The van der Waals surface area contributed by atoms with Gasteiger partial charge in [-0.05, 0) is 37.6 Å². The highest BCUT2D eigenvalue weighted by molar-refractivity contribution is 5.93. The van der Waals surface area contributed by atoms with Gasteiger partial charge in [0.1, 0.15) is 5.82 Å². The number of nitrogens with one attached hydrogen (secondary N) is 1. The van der Waals surface area contributed by atoms with Crippen LogP contribution in [0.2, 0.25) is 0 Å². The average molecular weight is 491 g/mol. The van der Waals surface area contributed by atoms with Crippen molar-refractivity contribution in [2.75, 3.05) is 38.0 Å². The van der Waals surface area contributed by atoms with E-state index >= 15 is 0 Å². The van der Waals surface area contributed by atoms with E-state index in [1.165, 1.54) is 24.3 Å². The summed E-state index contributed by atoms with van der Waals surface area (Å²) in [6.45, 7) is 5.87. The fourth-order valence-electron chi connectivity index (χ4n) is 3.95. The van der Waals surface area contributed by atoms with Crippen LogP contribution in [-0.4, -0.2) is 58.6 Å². The first-order valence-corrected chi connectivity index (χ1v) is 11.1. The van der Waals surface area contributed by atoms with Crippen molar-refractivity contribution in [2.24, 2.45) is 0 Å². The van der Waals surface area contributed by atoms with E-state index in [9.17, 15) is 22.4 Å². The predicted octanol–water partition coefficient (Wildman–Crippen LogP) is 4.52. The number of benzene rings is 2. The molecular formula is C24H25F4N5O2. The van der Waals surface area contributed by atoms with Crippen LogP contribution in [0.4, 0.5) is 23.2 Å². The summed E-state index contributed by atoms with van der Waals surface area (Å²) in [5.41, 5.74) is -0.0719. The number of aryl methyl sites for hydroxylation is 1. The molecule has 1 amide bonds. The summed E-state index contributed by atoms with van der Waals surface area (Å²) in [5.74, 6) is -0.143. The molecule has 0 unspecified atom stereocenters. The van der Waals surface area contributed by atoms with Gasteiger partial charge in [-0.25, -0.2) is 4.39 Å². The number of amides is 1. The lowest BCUT2D eigenvalue weighted by atomic mass is 10.1. The summed E-state index contributed by atoms with van der Waals surface area (Å²) in [7, 11) is 0. The molecule has 4 rings (SSSR count). The zero-order valence-corrected chi connectivity index (χ0v) is 19.3. The predicted molar refractivity (Wildman–Crippen MR) is 121 cm³/mol. The molecule has 0 saturated carbocycles. The number of para-hydroxylation sites is 1. The Hall–Kier alpha value is -3.31. The van der Waals surface area contributed by atoms with Gasteiger partial charge in [0.15, 0.2) is 0 Å². The van der Waals surface area contributed by atoms with E-state index < -0.39 is 17.6 Å². The molecule has 11 heteroatoms. The van der Waals surface area contributed by atoms with E-state index in [4.69, 9.17) is 4.52 Å². The zero-order valence-electron chi connectivity index (χ0n) is 19.3. The lowest BCUT2D eigenvalue weighted by molar-refractivity contribution is -0.137. The molecule has 35 heavy (non-hydrogen) atoms. The van der Waals surface area contributed by atoms with Gasteiger partial charge >= 0.3 is 6.18 Å². The second kappa shape index (κ2) is 10.1. The summed E-state index contributed by atoms with van der Waals surface area (Å²) in [5, 5.41) is 6.34. The molecule has 3 aromatic rings. The molecule has 7 nitrogen and oxygen atoms in total. The van der Waals surface area contributed by atoms with Crippen molar-refractivity contribution < 1.29 is 26.9 Å². The van der Waals surface area contributed by atoms with Crippen molar-refractivity contribution in [1.82, 2.24) is 19.9 Å². The van der Waals surface area contributed by atoms with E-state index in [0.29, 0.717) is 49.0 Å². The van der Waals surface area contributed by atoms with E-state index in [0.717, 1.165) is 6.07 Å². The summed E-state index contributed by atoms with van der Waals surface area (Å²) in [4.78, 5) is 20.8. The van der Waals surface area contributed by atoms with Gasteiger partial charge < -0.3 is 9.84 Å². The highest BCUT2D eigenvalue weighted by Crippen LogP contribution is 2.34. The van der Waals surface area contributed by atoms with Gasteiger partial charge in [-0.3, -0.25) is 14.6 Å². The van der Waals surface area contributed by atoms with Crippen LogP contribution in [0.25, 0.3) is 11.4 Å². The van der Waals surface area contributed by atoms with Crippen LogP contribution < -0.4 is 5.32 Å². The molecule has 1 atom stereocenters. The Kier molecular flexibility index (Phi) is 7.18. The molecule has 1 N–H and O–H groups in total. The number of alkyl halides is 3. The maximum Gasteiger partial charge on any atom is 0.418 e. The smallest absolute Gasteiger partial charge is 0.337 e. The van der Waals surface area contributed by atoms with Crippen LogP contribution in [0.3, 0.4) is 0 Å². The van der Waals surface area contributed by atoms with Crippen molar-refractivity contribution in [2.45, 2.75) is 26.1 Å². The number of carbonyl (C=O) groups is 1. The molecule has 1 aliphatic rings. The Morgan fingerprint density at radius 2 is 1.86 bits per heavy atom. The standard InChI is InChI=1S/C24H25F4N5O2/c1-15-7-8-17(13-19(15)25)22-30-23(35-31-22)16(2)33-11-9-32(10-12-33)14-21(34)29-20-6-4-3-5-18(20)24(26,27)28/h3-8,13,16H,9-12,14H2,1-2H3,(H,29,34)/t16-/m0/s1. The van der Waals surface area contributed by atoms with Gasteiger partial charge in [0.05, 0.1) is 23.8 Å². The molecule has 0 radical (unpaired) electrons. The number of rotatable bonds is 6.